The van der Waals surface area contributed by atoms with Crippen molar-refractivity contribution in [2.45, 2.75) is 6.92 Å². The second kappa shape index (κ2) is 3.05. The van der Waals surface area contributed by atoms with Gasteiger partial charge >= 0.3 is 5.97 Å². The number of hydrogen-bond acceptors (Lipinski definition) is 2. The van der Waals surface area contributed by atoms with Gasteiger partial charge in [-0.1, -0.05) is 5.92 Å². The summed E-state index contributed by atoms with van der Waals surface area (Å²) in [5, 5.41) is 8.66. The van der Waals surface area contributed by atoms with E-state index < -0.39 is 5.97 Å². The minimum Gasteiger partial charge on any atom is -0.476 e. The molecule has 0 amide bonds. The molecule has 60 valence electrons. The number of rotatable bonds is 1. The van der Waals surface area contributed by atoms with Gasteiger partial charge in [0.2, 0.25) is 0 Å². The van der Waals surface area contributed by atoms with Gasteiger partial charge in [-0.25, -0.2) is 9.78 Å². The standard InChI is InChI=1S/C9H7NO2/c1-3-7-6(2)4-5-10-8(7)9(11)12/h1,4-5H,2H3,(H,11,12). The van der Waals surface area contributed by atoms with E-state index in [1.54, 1.807) is 13.0 Å². The Hall–Kier alpha value is -1.82. The molecule has 0 radical (unpaired) electrons. The summed E-state index contributed by atoms with van der Waals surface area (Å²) < 4.78 is 0. The molecule has 1 aromatic rings. The highest BCUT2D eigenvalue weighted by Gasteiger charge is 2.10. The number of terminal acetylenes is 1. The van der Waals surface area contributed by atoms with Crippen molar-refractivity contribution < 1.29 is 9.90 Å². The Labute approximate surface area is 70.1 Å². The monoisotopic (exact) mass is 161 g/mol. The van der Waals surface area contributed by atoms with Crippen LogP contribution in [-0.4, -0.2) is 16.1 Å². The van der Waals surface area contributed by atoms with Crippen LogP contribution in [0, 0.1) is 19.3 Å². The van der Waals surface area contributed by atoms with E-state index in [0.29, 0.717) is 5.56 Å². The summed E-state index contributed by atoms with van der Waals surface area (Å²) in [7, 11) is 0. The molecule has 1 aromatic heterocycles. The van der Waals surface area contributed by atoms with Gasteiger partial charge in [0.1, 0.15) is 0 Å². The molecule has 12 heavy (non-hydrogen) atoms. The van der Waals surface area contributed by atoms with E-state index in [9.17, 15) is 4.79 Å². The minimum absolute atomic E-state index is 0.0579. The zero-order chi connectivity index (χ0) is 9.14. The smallest absolute Gasteiger partial charge is 0.355 e. The van der Waals surface area contributed by atoms with Gasteiger partial charge in [-0.15, -0.1) is 6.42 Å². The van der Waals surface area contributed by atoms with Crippen LogP contribution in [0.2, 0.25) is 0 Å². The molecule has 0 saturated carbocycles. The molecule has 0 atom stereocenters. The van der Waals surface area contributed by atoms with Crippen LogP contribution in [0.1, 0.15) is 21.6 Å². The molecule has 0 aliphatic carbocycles. The van der Waals surface area contributed by atoms with Gasteiger partial charge in [0.05, 0.1) is 5.56 Å². The fourth-order valence-electron chi connectivity index (χ4n) is 0.903. The molecule has 3 heteroatoms. The van der Waals surface area contributed by atoms with Gasteiger partial charge in [0.15, 0.2) is 5.69 Å². The van der Waals surface area contributed by atoms with E-state index in [1.807, 2.05) is 0 Å². The molecular weight excluding hydrogens is 154 g/mol. The van der Waals surface area contributed by atoms with Gasteiger partial charge in [0, 0.05) is 6.20 Å². The lowest BCUT2D eigenvalue weighted by Crippen LogP contribution is -2.04. The van der Waals surface area contributed by atoms with Crippen LogP contribution in [0.4, 0.5) is 0 Å². The first-order valence-corrected chi connectivity index (χ1v) is 3.32. The third-order valence-electron chi connectivity index (χ3n) is 1.51. The van der Waals surface area contributed by atoms with Crippen LogP contribution in [0.3, 0.4) is 0 Å². The molecule has 0 saturated heterocycles. The number of aryl methyl sites for hydroxylation is 1. The third kappa shape index (κ3) is 1.28. The number of pyridine rings is 1. The van der Waals surface area contributed by atoms with Crippen LogP contribution in [0.25, 0.3) is 0 Å². The van der Waals surface area contributed by atoms with Crippen LogP contribution >= 0.6 is 0 Å². The molecule has 0 aromatic carbocycles. The molecule has 1 heterocycles. The van der Waals surface area contributed by atoms with Crippen LogP contribution in [0.5, 0.6) is 0 Å². The number of aromatic nitrogens is 1. The third-order valence-corrected chi connectivity index (χ3v) is 1.51. The predicted octanol–water partition coefficient (Wildman–Crippen LogP) is 1.07. The van der Waals surface area contributed by atoms with E-state index in [-0.39, 0.29) is 5.69 Å². The van der Waals surface area contributed by atoms with Gasteiger partial charge < -0.3 is 5.11 Å². The van der Waals surface area contributed by atoms with Gasteiger partial charge in [-0.3, -0.25) is 0 Å². The lowest BCUT2D eigenvalue weighted by molar-refractivity contribution is 0.0690. The molecule has 0 bridgehead atoms. The van der Waals surface area contributed by atoms with Gasteiger partial charge in [-0.05, 0) is 18.6 Å². The summed E-state index contributed by atoms with van der Waals surface area (Å²) >= 11 is 0. The Morgan fingerprint density at radius 2 is 2.42 bits per heavy atom. The van der Waals surface area contributed by atoms with Crippen molar-refractivity contribution >= 4 is 5.97 Å². The van der Waals surface area contributed by atoms with Gasteiger partial charge in [0.25, 0.3) is 0 Å². The first kappa shape index (κ1) is 8.28. The number of carboxylic acid groups (broad SMARTS) is 1. The van der Waals surface area contributed by atoms with E-state index >= 15 is 0 Å². The van der Waals surface area contributed by atoms with Crippen LogP contribution < -0.4 is 0 Å². The number of aromatic carboxylic acids is 1. The second-order valence-corrected chi connectivity index (χ2v) is 2.30. The molecule has 1 N–H and O–H groups in total. The average molecular weight is 161 g/mol. The maximum absolute atomic E-state index is 10.6. The van der Waals surface area contributed by atoms with Crippen molar-refractivity contribution in [3.8, 4) is 12.3 Å². The molecule has 3 nitrogen and oxygen atoms in total. The quantitative estimate of drug-likeness (QED) is 0.627. The van der Waals surface area contributed by atoms with Crippen LogP contribution in [0.15, 0.2) is 12.3 Å². The minimum atomic E-state index is -1.09. The van der Waals surface area contributed by atoms with Crippen molar-refractivity contribution in [3.05, 3.63) is 29.1 Å². The average Bonchev–Trinajstić information content (AvgIpc) is 2.03. The highest BCUT2D eigenvalue weighted by molar-refractivity contribution is 5.88. The highest BCUT2D eigenvalue weighted by Crippen LogP contribution is 2.09. The van der Waals surface area contributed by atoms with E-state index in [1.165, 1.54) is 6.20 Å². The maximum atomic E-state index is 10.6. The summed E-state index contributed by atoms with van der Waals surface area (Å²) in [6, 6.07) is 1.68. The number of nitrogens with zero attached hydrogens (tertiary/aromatic N) is 1. The first-order chi connectivity index (χ1) is 5.66. The van der Waals surface area contributed by atoms with E-state index in [0.717, 1.165) is 5.56 Å². The summed E-state index contributed by atoms with van der Waals surface area (Å²) in [5.74, 6) is 1.21. The lowest BCUT2D eigenvalue weighted by atomic mass is 10.1. The summed E-state index contributed by atoms with van der Waals surface area (Å²) in [6.07, 6.45) is 6.57. The Balaban J connectivity index is 3.40. The van der Waals surface area contributed by atoms with Crippen molar-refractivity contribution in [1.82, 2.24) is 4.98 Å². The molecule has 0 unspecified atom stereocenters. The lowest BCUT2D eigenvalue weighted by Gasteiger charge is -2.00. The summed E-state index contributed by atoms with van der Waals surface area (Å²) in [5.41, 5.74) is 1.05. The Bertz CT molecular complexity index is 363. The zero-order valence-electron chi connectivity index (χ0n) is 6.53. The second-order valence-electron chi connectivity index (χ2n) is 2.30. The van der Waals surface area contributed by atoms with Crippen molar-refractivity contribution in [1.29, 1.82) is 0 Å². The Morgan fingerprint density at radius 1 is 1.75 bits per heavy atom. The molecular formula is C9H7NO2. The fraction of sp³-hybridized carbons (Fsp3) is 0.111. The fourth-order valence-corrected chi connectivity index (χ4v) is 0.903. The van der Waals surface area contributed by atoms with Crippen LogP contribution in [-0.2, 0) is 0 Å². The van der Waals surface area contributed by atoms with Crippen molar-refractivity contribution in [2.24, 2.45) is 0 Å². The molecule has 0 spiro atoms. The number of carboxylic acids is 1. The number of carbonyl (C=O) groups is 1. The first-order valence-electron chi connectivity index (χ1n) is 3.32. The SMILES string of the molecule is C#Cc1c(C)ccnc1C(=O)O. The van der Waals surface area contributed by atoms with E-state index in [4.69, 9.17) is 11.5 Å². The molecule has 0 aliphatic rings. The predicted molar refractivity (Wildman–Crippen MR) is 43.9 cm³/mol. The zero-order valence-corrected chi connectivity index (χ0v) is 6.53. The topological polar surface area (TPSA) is 50.2 Å². The Kier molecular flexibility index (Phi) is 2.11. The molecule has 1 rings (SSSR count). The van der Waals surface area contributed by atoms with Crippen molar-refractivity contribution in [3.63, 3.8) is 0 Å². The highest BCUT2D eigenvalue weighted by atomic mass is 16.4. The maximum Gasteiger partial charge on any atom is 0.355 e. The molecule has 0 fully saturated rings. The summed E-state index contributed by atoms with van der Waals surface area (Å²) in [6.45, 7) is 1.75. The summed E-state index contributed by atoms with van der Waals surface area (Å²) in [4.78, 5) is 14.2. The Morgan fingerprint density at radius 3 is 2.83 bits per heavy atom. The van der Waals surface area contributed by atoms with Gasteiger partial charge in [-0.2, -0.15) is 0 Å². The number of hydrogen-bond donors (Lipinski definition) is 1. The normalized spacial score (nSPS) is 9.00. The van der Waals surface area contributed by atoms with E-state index in [2.05, 4.69) is 10.9 Å². The molecule has 0 aliphatic heterocycles. The van der Waals surface area contributed by atoms with Crippen molar-refractivity contribution in [2.75, 3.05) is 0 Å². The largest absolute Gasteiger partial charge is 0.476 e.